The van der Waals surface area contributed by atoms with Crippen molar-refractivity contribution in [2.75, 3.05) is 13.2 Å². The van der Waals surface area contributed by atoms with Crippen LogP contribution in [0, 0.1) is 0 Å². The fraction of sp³-hybridized carbons (Fsp3) is 0.421. The van der Waals surface area contributed by atoms with Gasteiger partial charge in [0.2, 0.25) is 17.7 Å². The van der Waals surface area contributed by atoms with Crippen LogP contribution >= 0.6 is 0 Å². The van der Waals surface area contributed by atoms with Gasteiger partial charge in [0.05, 0.1) is 17.1 Å². The van der Waals surface area contributed by atoms with Crippen LogP contribution in [-0.4, -0.2) is 52.6 Å². The van der Waals surface area contributed by atoms with Gasteiger partial charge in [-0.2, -0.15) is 5.10 Å². The maximum absolute atomic E-state index is 12.2. The van der Waals surface area contributed by atoms with Gasteiger partial charge >= 0.3 is 0 Å². The van der Waals surface area contributed by atoms with Crippen LogP contribution < -0.4 is 20.7 Å². The Morgan fingerprint density at radius 2 is 2.10 bits per heavy atom. The minimum atomic E-state index is -0.512. The summed E-state index contributed by atoms with van der Waals surface area (Å²) in [5.41, 5.74) is 1.36. The molecule has 152 valence electrons. The molecule has 1 unspecified atom stereocenters. The van der Waals surface area contributed by atoms with E-state index in [2.05, 4.69) is 21.0 Å². The van der Waals surface area contributed by atoms with Gasteiger partial charge in [-0.15, -0.1) is 0 Å². The number of fused-ring (bicyclic) bond motifs is 1. The number of rotatable bonds is 5. The third kappa shape index (κ3) is 3.78. The number of nitrogens with one attached hydrogen (secondary N) is 3. The Morgan fingerprint density at radius 3 is 2.83 bits per heavy atom. The Labute approximate surface area is 165 Å². The predicted octanol–water partition coefficient (Wildman–Crippen LogP) is -0.523. The summed E-state index contributed by atoms with van der Waals surface area (Å²) in [5, 5.41) is 12.9. The van der Waals surface area contributed by atoms with Crippen LogP contribution in [0.1, 0.15) is 30.9 Å². The third-order valence-electron chi connectivity index (χ3n) is 5.17. The molecule has 1 aromatic heterocycles. The van der Waals surface area contributed by atoms with Crippen molar-refractivity contribution < 1.29 is 23.9 Å². The van der Waals surface area contributed by atoms with Gasteiger partial charge in [-0.3, -0.25) is 29.2 Å². The van der Waals surface area contributed by atoms with Crippen molar-refractivity contribution in [3.63, 3.8) is 0 Å². The van der Waals surface area contributed by atoms with Crippen LogP contribution in [0.3, 0.4) is 0 Å². The normalized spacial score (nSPS) is 21.8. The number of nitrogens with zero attached hydrogens (tertiary/aromatic N) is 2. The highest BCUT2D eigenvalue weighted by atomic mass is 16.5. The monoisotopic (exact) mass is 399 g/mol. The molecule has 3 N–H and O–H groups in total. The number of carbonyl (C=O) groups excluding carboxylic acids is 4. The Morgan fingerprint density at radius 1 is 1.28 bits per heavy atom. The zero-order valence-corrected chi connectivity index (χ0v) is 15.9. The second-order valence-electron chi connectivity index (χ2n) is 7.18. The van der Waals surface area contributed by atoms with Crippen molar-refractivity contribution in [1.29, 1.82) is 0 Å². The second kappa shape index (κ2) is 7.53. The van der Waals surface area contributed by atoms with Crippen molar-refractivity contribution in [2.45, 2.75) is 31.2 Å². The lowest BCUT2D eigenvalue weighted by Crippen LogP contribution is -2.42. The van der Waals surface area contributed by atoms with Gasteiger partial charge in [0.1, 0.15) is 11.8 Å². The summed E-state index contributed by atoms with van der Waals surface area (Å²) in [4.78, 5) is 47.1. The maximum atomic E-state index is 12.2. The Hall–Kier alpha value is -3.43. The first-order valence-electron chi connectivity index (χ1n) is 9.42. The van der Waals surface area contributed by atoms with E-state index in [1.165, 1.54) is 0 Å². The lowest BCUT2D eigenvalue weighted by Gasteiger charge is -2.19. The first kappa shape index (κ1) is 18.9. The molecule has 0 spiro atoms. The number of ether oxygens (including phenoxy) is 1. The van der Waals surface area contributed by atoms with Crippen molar-refractivity contribution in [3.05, 3.63) is 23.9 Å². The number of benzene rings is 1. The average Bonchev–Trinajstić information content (AvgIpc) is 3.23. The predicted molar refractivity (Wildman–Crippen MR) is 101 cm³/mol. The van der Waals surface area contributed by atoms with E-state index in [0.29, 0.717) is 30.8 Å². The molecule has 2 saturated heterocycles. The molecule has 0 radical (unpaired) electrons. The Kier molecular flexibility index (Phi) is 4.91. The number of hydrogen-bond acceptors (Lipinski definition) is 6. The number of piperidine rings is 1. The van der Waals surface area contributed by atoms with Gasteiger partial charge < -0.3 is 15.4 Å². The molecule has 3 heterocycles. The van der Waals surface area contributed by atoms with Crippen molar-refractivity contribution >= 4 is 34.5 Å². The fourth-order valence-electron chi connectivity index (χ4n) is 3.68. The molecule has 2 aliphatic rings. The summed E-state index contributed by atoms with van der Waals surface area (Å²) in [6, 6.07) is 4.73. The first-order chi connectivity index (χ1) is 13.9. The topological polar surface area (TPSA) is 131 Å². The van der Waals surface area contributed by atoms with Crippen LogP contribution in [0.25, 0.3) is 10.9 Å². The highest BCUT2D eigenvalue weighted by molar-refractivity contribution is 6.02. The quantitative estimate of drug-likeness (QED) is 0.580. The van der Waals surface area contributed by atoms with Crippen LogP contribution in [0.2, 0.25) is 0 Å². The van der Waals surface area contributed by atoms with E-state index in [1.54, 1.807) is 29.9 Å². The third-order valence-corrected chi connectivity index (χ3v) is 5.17. The van der Waals surface area contributed by atoms with Gasteiger partial charge in [0, 0.05) is 31.5 Å². The molecule has 0 saturated carbocycles. The summed E-state index contributed by atoms with van der Waals surface area (Å²) in [5.74, 6) is -1.17. The molecule has 4 rings (SSSR count). The molecular weight excluding hydrogens is 378 g/mol. The largest absolute Gasteiger partial charge is 0.484 e. The Balaban J connectivity index is 1.46. The number of aromatic nitrogens is 2. The SMILES string of the molecule is Cn1nc(C2CCC(=O)NC2=O)c2ccc(OCC(=O)N[C@@H]3CCNC3=O)cc21. The molecule has 29 heavy (non-hydrogen) atoms. The lowest BCUT2D eigenvalue weighted by molar-refractivity contribution is -0.134. The van der Waals surface area contributed by atoms with E-state index < -0.39 is 12.0 Å². The standard InChI is InChI=1S/C19H21N5O5/c1-24-14-8-10(29-9-16(26)21-13-6-7-20-19(13)28)2-3-11(14)17(23-24)12-4-5-15(25)22-18(12)27/h2-3,8,12-13H,4-7,9H2,1H3,(H,20,28)(H,21,26)(H,22,25,27)/t12?,13-/m1/s1. The van der Waals surface area contributed by atoms with E-state index in [0.717, 1.165) is 10.9 Å². The highest BCUT2D eigenvalue weighted by Gasteiger charge is 2.31. The molecule has 2 aromatic rings. The van der Waals surface area contributed by atoms with Gasteiger partial charge in [0.15, 0.2) is 6.61 Å². The van der Waals surface area contributed by atoms with Crippen LogP contribution in [0.5, 0.6) is 5.75 Å². The average molecular weight is 399 g/mol. The molecule has 1 aromatic carbocycles. The van der Waals surface area contributed by atoms with E-state index >= 15 is 0 Å². The number of hydrogen-bond donors (Lipinski definition) is 3. The van der Waals surface area contributed by atoms with E-state index in [4.69, 9.17) is 4.74 Å². The van der Waals surface area contributed by atoms with Crippen LogP contribution in [0.4, 0.5) is 0 Å². The highest BCUT2D eigenvalue weighted by Crippen LogP contribution is 2.31. The molecule has 2 fully saturated rings. The zero-order chi connectivity index (χ0) is 20.5. The summed E-state index contributed by atoms with van der Waals surface area (Å²) < 4.78 is 7.20. The van der Waals surface area contributed by atoms with E-state index in [1.807, 2.05) is 0 Å². The summed E-state index contributed by atoms with van der Waals surface area (Å²) >= 11 is 0. The molecular formula is C19H21N5O5. The minimum absolute atomic E-state index is 0.185. The number of carbonyl (C=O) groups is 4. The molecule has 0 bridgehead atoms. The van der Waals surface area contributed by atoms with Gasteiger partial charge in [-0.05, 0) is 25.0 Å². The van der Waals surface area contributed by atoms with Gasteiger partial charge in [-0.25, -0.2) is 0 Å². The minimum Gasteiger partial charge on any atom is -0.484 e. The smallest absolute Gasteiger partial charge is 0.258 e. The van der Waals surface area contributed by atoms with Gasteiger partial charge in [-0.1, -0.05) is 0 Å². The van der Waals surface area contributed by atoms with Crippen molar-refractivity contribution in [2.24, 2.45) is 7.05 Å². The molecule has 10 heteroatoms. The number of aryl methyl sites for hydroxylation is 1. The lowest BCUT2D eigenvalue weighted by atomic mass is 9.93. The molecule has 0 aliphatic carbocycles. The number of amides is 4. The summed E-state index contributed by atoms with van der Waals surface area (Å²) in [6.45, 7) is 0.338. The van der Waals surface area contributed by atoms with Crippen LogP contribution in [-0.2, 0) is 26.2 Å². The first-order valence-corrected chi connectivity index (χ1v) is 9.42. The van der Waals surface area contributed by atoms with E-state index in [-0.39, 0.29) is 36.7 Å². The maximum Gasteiger partial charge on any atom is 0.258 e. The summed E-state index contributed by atoms with van der Waals surface area (Å²) in [7, 11) is 1.76. The molecule has 4 amide bonds. The fourth-order valence-corrected chi connectivity index (χ4v) is 3.68. The zero-order valence-electron chi connectivity index (χ0n) is 15.9. The van der Waals surface area contributed by atoms with Crippen molar-refractivity contribution in [3.8, 4) is 5.75 Å². The van der Waals surface area contributed by atoms with Crippen LogP contribution in [0.15, 0.2) is 18.2 Å². The Bertz CT molecular complexity index is 1010. The number of imide groups is 1. The molecule has 10 nitrogen and oxygen atoms in total. The van der Waals surface area contributed by atoms with Crippen molar-refractivity contribution in [1.82, 2.24) is 25.7 Å². The molecule has 2 aliphatic heterocycles. The summed E-state index contributed by atoms with van der Waals surface area (Å²) in [6.07, 6.45) is 1.27. The second-order valence-corrected chi connectivity index (χ2v) is 7.18. The van der Waals surface area contributed by atoms with E-state index in [9.17, 15) is 19.2 Å². The van der Waals surface area contributed by atoms with Gasteiger partial charge in [0.25, 0.3) is 5.91 Å². The molecule has 2 atom stereocenters.